The van der Waals surface area contributed by atoms with Crippen LogP contribution in [0.4, 0.5) is 5.69 Å². The van der Waals surface area contributed by atoms with Gasteiger partial charge in [-0.3, -0.25) is 4.79 Å². The topological polar surface area (TPSA) is 58.6 Å². The molecule has 0 heterocycles. The van der Waals surface area contributed by atoms with Crippen molar-refractivity contribution >= 4 is 11.7 Å². The lowest BCUT2D eigenvalue weighted by Crippen LogP contribution is -2.27. The zero-order valence-electron chi connectivity index (χ0n) is 12.1. The second-order valence-corrected chi connectivity index (χ2v) is 4.98. The Balaban J connectivity index is 2.67. The van der Waals surface area contributed by atoms with Crippen molar-refractivity contribution < 1.29 is 14.6 Å². The quantitative estimate of drug-likeness (QED) is 0.795. The van der Waals surface area contributed by atoms with Gasteiger partial charge in [-0.2, -0.15) is 0 Å². The molecule has 0 radical (unpaired) electrons. The van der Waals surface area contributed by atoms with E-state index in [9.17, 15) is 4.79 Å². The minimum absolute atomic E-state index is 0.105. The molecule has 0 aromatic heterocycles. The summed E-state index contributed by atoms with van der Waals surface area (Å²) in [7, 11) is 0. The summed E-state index contributed by atoms with van der Waals surface area (Å²) >= 11 is 0. The van der Waals surface area contributed by atoms with Crippen LogP contribution in [-0.2, 0) is 4.79 Å². The highest BCUT2D eigenvalue weighted by atomic mass is 16.5. The SMILES string of the molecule is CCOc1ccc(NCC(C(=O)O)C(C)C)cc1C. The van der Waals surface area contributed by atoms with Crippen LogP contribution >= 0.6 is 0 Å². The van der Waals surface area contributed by atoms with Gasteiger partial charge in [0.25, 0.3) is 0 Å². The second-order valence-electron chi connectivity index (χ2n) is 4.98. The highest BCUT2D eigenvalue weighted by Gasteiger charge is 2.20. The molecule has 0 spiro atoms. The van der Waals surface area contributed by atoms with Crippen molar-refractivity contribution in [2.75, 3.05) is 18.5 Å². The molecule has 0 aliphatic heterocycles. The zero-order chi connectivity index (χ0) is 14.4. The molecule has 0 aliphatic carbocycles. The van der Waals surface area contributed by atoms with Crippen molar-refractivity contribution in [1.82, 2.24) is 0 Å². The number of hydrogen-bond donors (Lipinski definition) is 2. The molecular formula is C15H23NO3. The third-order valence-corrected chi connectivity index (χ3v) is 3.12. The van der Waals surface area contributed by atoms with Gasteiger partial charge in [-0.05, 0) is 43.5 Å². The fourth-order valence-corrected chi connectivity index (χ4v) is 1.91. The van der Waals surface area contributed by atoms with Crippen LogP contribution in [0.2, 0.25) is 0 Å². The molecule has 0 fully saturated rings. The van der Waals surface area contributed by atoms with Crippen molar-refractivity contribution in [2.45, 2.75) is 27.7 Å². The first-order chi connectivity index (χ1) is 8.95. The summed E-state index contributed by atoms with van der Waals surface area (Å²) in [4.78, 5) is 11.1. The summed E-state index contributed by atoms with van der Waals surface area (Å²) in [6.45, 7) is 8.84. The number of carboxylic acids is 1. The highest BCUT2D eigenvalue weighted by molar-refractivity contribution is 5.71. The zero-order valence-corrected chi connectivity index (χ0v) is 12.1. The van der Waals surface area contributed by atoms with E-state index in [1.807, 2.05) is 45.9 Å². The fraction of sp³-hybridized carbons (Fsp3) is 0.533. The van der Waals surface area contributed by atoms with E-state index < -0.39 is 5.97 Å². The Hall–Kier alpha value is -1.71. The first kappa shape index (κ1) is 15.3. The Morgan fingerprint density at radius 3 is 2.58 bits per heavy atom. The third kappa shape index (κ3) is 4.47. The third-order valence-electron chi connectivity index (χ3n) is 3.12. The van der Waals surface area contributed by atoms with Gasteiger partial charge in [-0.1, -0.05) is 13.8 Å². The van der Waals surface area contributed by atoms with Gasteiger partial charge < -0.3 is 15.2 Å². The van der Waals surface area contributed by atoms with Gasteiger partial charge in [0.15, 0.2) is 0 Å². The van der Waals surface area contributed by atoms with E-state index in [2.05, 4.69) is 5.32 Å². The van der Waals surface area contributed by atoms with Gasteiger partial charge in [0, 0.05) is 12.2 Å². The average Bonchev–Trinajstić information content (AvgIpc) is 2.32. The van der Waals surface area contributed by atoms with E-state index in [1.54, 1.807) is 0 Å². The number of hydrogen-bond acceptors (Lipinski definition) is 3. The van der Waals surface area contributed by atoms with Crippen LogP contribution in [0.1, 0.15) is 26.3 Å². The number of rotatable bonds is 7. The van der Waals surface area contributed by atoms with Crippen molar-refractivity contribution in [3.05, 3.63) is 23.8 Å². The van der Waals surface area contributed by atoms with Crippen LogP contribution in [0.15, 0.2) is 18.2 Å². The Morgan fingerprint density at radius 1 is 1.42 bits per heavy atom. The predicted molar refractivity (Wildman–Crippen MR) is 76.8 cm³/mol. The number of carbonyl (C=O) groups is 1. The van der Waals surface area contributed by atoms with Crippen LogP contribution in [0.5, 0.6) is 5.75 Å². The Labute approximate surface area is 114 Å². The van der Waals surface area contributed by atoms with E-state index >= 15 is 0 Å². The minimum atomic E-state index is -0.759. The number of ether oxygens (including phenoxy) is 1. The largest absolute Gasteiger partial charge is 0.494 e. The molecule has 0 amide bonds. The molecule has 4 nitrogen and oxygen atoms in total. The summed E-state index contributed by atoms with van der Waals surface area (Å²) in [5, 5.41) is 12.3. The maximum absolute atomic E-state index is 11.1. The first-order valence-corrected chi connectivity index (χ1v) is 6.65. The van der Waals surface area contributed by atoms with E-state index in [0.717, 1.165) is 17.0 Å². The second kappa shape index (κ2) is 7.02. The van der Waals surface area contributed by atoms with Gasteiger partial charge in [-0.15, -0.1) is 0 Å². The molecule has 0 bridgehead atoms. The fourth-order valence-electron chi connectivity index (χ4n) is 1.91. The van der Waals surface area contributed by atoms with Gasteiger partial charge >= 0.3 is 5.97 Å². The molecule has 106 valence electrons. The Kier molecular flexibility index (Phi) is 5.67. The van der Waals surface area contributed by atoms with Gasteiger partial charge in [0.05, 0.1) is 12.5 Å². The van der Waals surface area contributed by atoms with Gasteiger partial charge in [-0.25, -0.2) is 0 Å². The maximum atomic E-state index is 11.1. The lowest BCUT2D eigenvalue weighted by molar-refractivity contribution is -0.142. The minimum Gasteiger partial charge on any atom is -0.494 e. The number of aliphatic carboxylic acids is 1. The standard InChI is InChI=1S/C15H23NO3/c1-5-19-14-7-6-12(8-11(14)4)16-9-13(10(2)3)15(17)18/h6-8,10,13,16H,5,9H2,1-4H3,(H,17,18). The number of anilines is 1. The molecule has 1 aromatic rings. The van der Waals surface area contributed by atoms with Crippen molar-refractivity contribution in [3.63, 3.8) is 0 Å². The van der Waals surface area contributed by atoms with Gasteiger partial charge in [0.1, 0.15) is 5.75 Å². The van der Waals surface area contributed by atoms with E-state index in [1.165, 1.54) is 0 Å². The van der Waals surface area contributed by atoms with Crippen molar-refractivity contribution in [1.29, 1.82) is 0 Å². The van der Waals surface area contributed by atoms with E-state index in [4.69, 9.17) is 9.84 Å². The molecule has 1 rings (SSSR count). The van der Waals surface area contributed by atoms with Crippen molar-refractivity contribution in [2.24, 2.45) is 11.8 Å². The van der Waals surface area contributed by atoms with Gasteiger partial charge in [0.2, 0.25) is 0 Å². The Morgan fingerprint density at radius 2 is 2.11 bits per heavy atom. The van der Waals surface area contributed by atoms with Crippen LogP contribution in [0, 0.1) is 18.8 Å². The molecule has 19 heavy (non-hydrogen) atoms. The van der Waals surface area contributed by atoms with Crippen LogP contribution in [0.25, 0.3) is 0 Å². The normalized spacial score (nSPS) is 12.3. The van der Waals surface area contributed by atoms with E-state index in [-0.39, 0.29) is 11.8 Å². The summed E-state index contributed by atoms with van der Waals surface area (Å²) in [5.74, 6) is -0.169. The molecule has 2 N–H and O–H groups in total. The first-order valence-electron chi connectivity index (χ1n) is 6.65. The van der Waals surface area contributed by atoms with Crippen LogP contribution in [0.3, 0.4) is 0 Å². The lowest BCUT2D eigenvalue weighted by atomic mass is 9.96. The molecule has 1 aromatic carbocycles. The molecule has 4 heteroatoms. The predicted octanol–water partition coefficient (Wildman–Crippen LogP) is 3.16. The summed E-state index contributed by atoms with van der Waals surface area (Å²) in [6.07, 6.45) is 0. The lowest BCUT2D eigenvalue weighted by Gasteiger charge is -2.18. The highest BCUT2D eigenvalue weighted by Crippen LogP contribution is 2.22. The number of aryl methyl sites for hydroxylation is 1. The molecular weight excluding hydrogens is 242 g/mol. The number of carboxylic acid groups (broad SMARTS) is 1. The molecule has 1 atom stereocenters. The monoisotopic (exact) mass is 265 g/mol. The van der Waals surface area contributed by atoms with E-state index in [0.29, 0.717) is 13.2 Å². The average molecular weight is 265 g/mol. The summed E-state index contributed by atoms with van der Waals surface area (Å²) < 4.78 is 5.47. The molecule has 0 saturated heterocycles. The maximum Gasteiger partial charge on any atom is 0.308 e. The molecule has 0 saturated carbocycles. The van der Waals surface area contributed by atoms with Crippen LogP contribution < -0.4 is 10.1 Å². The molecule has 1 unspecified atom stereocenters. The number of nitrogens with one attached hydrogen (secondary N) is 1. The smallest absolute Gasteiger partial charge is 0.308 e. The Bertz CT molecular complexity index is 429. The summed E-state index contributed by atoms with van der Waals surface area (Å²) in [6, 6.07) is 5.80. The van der Waals surface area contributed by atoms with Crippen LogP contribution in [-0.4, -0.2) is 24.2 Å². The molecule has 0 aliphatic rings. The van der Waals surface area contributed by atoms with Crippen molar-refractivity contribution in [3.8, 4) is 5.75 Å². The number of benzene rings is 1. The summed E-state index contributed by atoms with van der Waals surface area (Å²) in [5.41, 5.74) is 1.97.